The molecule has 0 atom stereocenters. The van der Waals surface area contributed by atoms with Gasteiger partial charge in [0.25, 0.3) is 0 Å². The summed E-state index contributed by atoms with van der Waals surface area (Å²) >= 11 is 12.3. The average molecular weight is 304 g/mol. The molecular formula is C16H11Cl2NO. The normalized spacial score (nSPS) is 10.9. The van der Waals surface area contributed by atoms with Crippen LogP contribution in [0.1, 0.15) is 0 Å². The lowest BCUT2D eigenvalue weighted by Gasteiger charge is -2.14. The van der Waals surface area contributed by atoms with Crippen LogP contribution < -0.4 is 5.73 Å². The molecule has 0 spiro atoms. The molecule has 3 rings (SSSR count). The van der Waals surface area contributed by atoms with E-state index in [0.717, 1.165) is 10.8 Å². The predicted molar refractivity (Wildman–Crippen MR) is 85.5 cm³/mol. The highest BCUT2D eigenvalue weighted by Crippen LogP contribution is 2.44. The van der Waals surface area contributed by atoms with Crippen molar-refractivity contribution in [2.24, 2.45) is 0 Å². The summed E-state index contributed by atoms with van der Waals surface area (Å²) in [4.78, 5) is 0. The first-order valence-corrected chi connectivity index (χ1v) is 6.79. The van der Waals surface area contributed by atoms with Gasteiger partial charge in [-0.1, -0.05) is 53.5 Å². The van der Waals surface area contributed by atoms with Crippen molar-refractivity contribution >= 4 is 39.7 Å². The van der Waals surface area contributed by atoms with Crippen LogP contribution in [0.2, 0.25) is 10.0 Å². The van der Waals surface area contributed by atoms with Crippen LogP contribution in [-0.2, 0) is 0 Å². The third-order valence-electron chi connectivity index (χ3n) is 3.30. The molecular weight excluding hydrogens is 293 g/mol. The lowest BCUT2D eigenvalue weighted by molar-refractivity contribution is 0.478. The maximum Gasteiger partial charge on any atom is 0.124 e. The molecule has 0 unspecified atom stereocenters. The molecule has 0 fully saturated rings. The fraction of sp³-hybridized carbons (Fsp3) is 0. The molecule has 4 heteroatoms. The maximum atomic E-state index is 10.2. The lowest BCUT2D eigenvalue weighted by Crippen LogP contribution is -1.94. The standard InChI is InChI=1S/C16H11Cl2NO/c17-11-6-7-12(18)16(19)15(11)14-10-4-2-1-3-9(10)5-8-13(14)20/h1-8,20H,19H2. The molecule has 0 saturated heterocycles. The molecule has 3 aromatic rings. The van der Waals surface area contributed by atoms with Crippen molar-refractivity contribution in [2.45, 2.75) is 0 Å². The van der Waals surface area contributed by atoms with Crippen LogP contribution >= 0.6 is 23.2 Å². The Morgan fingerprint density at radius 1 is 0.800 bits per heavy atom. The van der Waals surface area contributed by atoms with E-state index in [-0.39, 0.29) is 5.75 Å². The second kappa shape index (κ2) is 4.89. The number of aromatic hydroxyl groups is 1. The SMILES string of the molecule is Nc1c(Cl)ccc(Cl)c1-c1c(O)ccc2ccccc12. The summed E-state index contributed by atoms with van der Waals surface area (Å²) in [5.41, 5.74) is 7.58. The van der Waals surface area contributed by atoms with Crippen molar-refractivity contribution in [2.75, 3.05) is 5.73 Å². The van der Waals surface area contributed by atoms with Gasteiger partial charge in [0.15, 0.2) is 0 Å². The van der Waals surface area contributed by atoms with Crippen LogP contribution in [0.15, 0.2) is 48.5 Å². The van der Waals surface area contributed by atoms with Crippen LogP contribution in [0.25, 0.3) is 21.9 Å². The molecule has 0 heterocycles. The lowest BCUT2D eigenvalue weighted by atomic mass is 9.96. The highest BCUT2D eigenvalue weighted by molar-refractivity contribution is 6.38. The van der Waals surface area contributed by atoms with E-state index in [4.69, 9.17) is 28.9 Å². The zero-order chi connectivity index (χ0) is 14.3. The monoisotopic (exact) mass is 303 g/mol. The molecule has 20 heavy (non-hydrogen) atoms. The fourth-order valence-electron chi connectivity index (χ4n) is 2.34. The molecule has 3 N–H and O–H groups in total. The van der Waals surface area contributed by atoms with Gasteiger partial charge in [-0.15, -0.1) is 0 Å². The third-order valence-corrected chi connectivity index (χ3v) is 3.94. The molecule has 0 aliphatic heterocycles. The van der Waals surface area contributed by atoms with E-state index < -0.39 is 0 Å². The van der Waals surface area contributed by atoms with Gasteiger partial charge in [0, 0.05) is 11.1 Å². The largest absolute Gasteiger partial charge is 0.507 e. The van der Waals surface area contributed by atoms with Gasteiger partial charge in [0.05, 0.1) is 15.7 Å². The molecule has 0 aliphatic rings. The Bertz CT molecular complexity index is 815. The molecule has 0 saturated carbocycles. The summed E-state index contributed by atoms with van der Waals surface area (Å²) in [6.45, 7) is 0. The van der Waals surface area contributed by atoms with E-state index >= 15 is 0 Å². The molecule has 0 radical (unpaired) electrons. The highest BCUT2D eigenvalue weighted by Gasteiger charge is 2.17. The van der Waals surface area contributed by atoms with Gasteiger partial charge in [-0.25, -0.2) is 0 Å². The molecule has 0 aliphatic carbocycles. The second-order valence-corrected chi connectivity index (χ2v) is 5.31. The van der Waals surface area contributed by atoms with Crippen molar-refractivity contribution in [1.29, 1.82) is 0 Å². The first-order chi connectivity index (χ1) is 9.59. The number of hydrogen-bond donors (Lipinski definition) is 2. The molecule has 0 amide bonds. The van der Waals surface area contributed by atoms with E-state index in [9.17, 15) is 5.11 Å². The molecule has 100 valence electrons. The zero-order valence-corrected chi connectivity index (χ0v) is 11.9. The van der Waals surface area contributed by atoms with E-state index in [2.05, 4.69) is 0 Å². The third kappa shape index (κ3) is 1.98. The minimum Gasteiger partial charge on any atom is -0.507 e. The smallest absolute Gasteiger partial charge is 0.124 e. The fourth-order valence-corrected chi connectivity index (χ4v) is 2.76. The van der Waals surface area contributed by atoms with Crippen LogP contribution in [0.3, 0.4) is 0 Å². The van der Waals surface area contributed by atoms with Gasteiger partial charge < -0.3 is 10.8 Å². The van der Waals surface area contributed by atoms with Crippen molar-refractivity contribution in [3.63, 3.8) is 0 Å². The Kier molecular flexibility index (Phi) is 3.20. The first-order valence-electron chi connectivity index (χ1n) is 6.04. The average Bonchev–Trinajstić information content (AvgIpc) is 2.45. The Hall–Kier alpha value is -1.90. The predicted octanol–water partition coefficient (Wildman–Crippen LogP) is 5.10. The Morgan fingerprint density at radius 3 is 2.30 bits per heavy atom. The van der Waals surface area contributed by atoms with E-state index in [1.807, 2.05) is 30.3 Å². The number of nitrogens with two attached hydrogens (primary N) is 1. The first kappa shape index (κ1) is 13.1. The molecule has 0 aromatic heterocycles. The van der Waals surface area contributed by atoms with Gasteiger partial charge in [0.1, 0.15) is 5.75 Å². The quantitative estimate of drug-likeness (QED) is 0.614. The van der Waals surface area contributed by atoms with E-state index in [1.54, 1.807) is 18.2 Å². The number of hydrogen-bond acceptors (Lipinski definition) is 2. The number of anilines is 1. The maximum absolute atomic E-state index is 10.2. The summed E-state index contributed by atoms with van der Waals surface area (Å²) in [6, 6.07) is 14.5. The Balaban J connectivity index is 2.47. The van der Waals surface area contributed by atoms with Crippen molar-refractivity contribution in [3.05, 3.63) is 58.6 Å². The van der Waals surface area contributed by atoms with Gasteiger partial charge >= 0.3 is 0 Å². The van der Waals surface area contributed by atoms with Crippen LogP contribution in [0.5, 0.6) is 5.75 Å². The Morgan fingerprint density at radius 2 is 1.50 bits per heavy atom. The van der Waals surface area contributed by atoms with Crippen molar-refractivity contribution in [3.8, 4) is 16.9 Å². The van der Waals surface area contributed by atoms with Gasteiger partial charge in [-0.2, -0.15) is 0 Å². The number of phenolic OH excluding ortho intramolecular Hbond substituents is 1. The van der Waals surface area contributed by atoms with Crippen LogP contribution in [0.4, 0.5) is 5.69 Å². The van der Waals surface area contributed by atoms with Gasteiger partial charge in [-0.3, -0.25) is 0 Å². The zero-order valence-electron chi connectivity index (χ0n) is 10.4. The number of fused-ring (bicyclic) bond motifs is 1. The molecule has 0 bridgehead atoms. The topological polar surface area (TPSA) is 46.2 Å². The minimum atomic E-state index is 0.125. The summed E-state index contributed by atoms with van der Waals surface area (Å²) in [5, 5.41) is 13.0. The van der Waals surface area contributed by atoms with E-state index in [1.165, 1.54) is 0 Å². The Labute approximate surface area is 126 Å². The minimum absolute atomic E-state index is 0.125. The van der Waals surface area contributed by atoms with Gasteiger partial charge in [0.2, 0.25) is 0 Å². The second-order valence-electron chi connectivity index (χ2n) is 4.50. The van der Waals surface area contributed by atoms with Crippen molar-refractivity contribution < 1.29 is 5.11 Å². The number of benzene rings is 3. The summed E-state index contributed by atoms with van der Waals surface area (Å²) < 4.78 is 0. The summed E-state index contributed by atoms with van der Waals surface area (Å²) in [5.74, 6) is 0.125. The van der Waals surface area contributed by atoms with Gasteiger partial charge in [-0.05, 0) is 29.0 Å². The molecule has 2 nitrogen and oxygen atoms in total. The number of nitrogen functional groups attached to an aromatic ring is 1. The molecule has 3 aromatic carbocycles. The van der Waals surface area contributed by atoms with Crippen LogP contribution in [0, 0.1) is 0 Å². The van der Waals surface area contributed by atoms with Crippen LogP contribution in [-0.4, -0.2) is 5.11 Å². The van der Waals surface area contributed by atoms with E-state index in [0.29, 0.717) is 26.9 Å². The number of rotatable bonds is 1. The highest BCUT2D eigenvalue weighted by atomic mass is 35.5. The number of phenols is 1. The van der Waals surface area contributed by atoms with Crippen molar-refractivity contribution in [1.82, 2.24) is 0 Å². The number of halogens is 2. The summed E-state index contributed by atoms with van der Waals surface area (Å²) in [6.07, 6.45) is 0. The summed E-state index contributed by atoms with van der Waals surface area (Å²) in [7, 11) is 0.